The zero-order valence-electron chi connectivity index (χ0n) is 10.4. The predicted octanol–water partition coefficient (Wildman–Crippen LogP) is 3.41. The summed E-state index contributed by atoms with van der Waals surface area (Å²) in [6.45, 7) is 5.62. The molecule has 0 saturated carbocycles. The first-order chi connectivity index (χ1) is 8.03. The molecule has 0 spiro atoms. The quantitative estimate of drug-likeness (QED) is 0.866. The van der Waals surface area contributed by atoms with Gasteiger partial charge in [-0.2, -0.15) is 0 Å². The topological polar surface area (TPSA) is 60.2 Å². The van der Waals surface area contributed by atoms with E-state index in [9.17, 15) is 8.42 Å². The molecule has 0 heterocycles. The SMILES string of the molecule is C[Si](C)(C)/C(=C(\Cl)c1cccc(Cl)c1)S(N)(=O)=O. The number of halogens is 2. The van der Waals surface area contributed by atoms with Gasteiger partial charge in [-0.3, -0.25) is 0 Å². The van der Waals surface area contributed by atoms with E-state index in [4.69, 9.17) is 28.3 Å². The van der Waals surface area contributed by atoms with Crippen LogP contribution < -0.4 is 5.14 Å². The van der Waals surface area contributed by atoms with E-state index >= 15 is 0 Å². The lowest BCUT2D eigenvalue weighted by Crippen LogP contribution is -2.34. The van der Waals surface area contributed by atoms with Crippen molar-refractivity contribution in [2.24, 2.45) is 5.14 Å². The lowest BCUT2D eigenvalue weighted by molar-refractivity contribution is 0.605. The summed E-state index contributed by atoms with van der Waals surface area (Å²) in [6.07, 6.45) is 0. The van der Waals surface area contributed by atoms with Crippen LogP contribution in [0.4, 0.5) is 0 Å². The summed E-state index contributed by atoms with van der Waals surface area (Å²) in [5, 5.41) is 5.94. The maximum atomic E-state index is 11.7. The molecule has 2 N–H and O–H groups in total. The zero-order valence-corrected chi connectivity index (χ0v) is 13.7. The first-order valence-electron chi connectivity index (χ1n) is 5.22. The van der Waals surface area contributed by atoms with E-state index in [1.54, 1.807) is 24.3 Å². The molecule has 1 aromatic carbocycles. The Morgan fingerprint density at radius 2 is 1.83 bits per heavy atom. The van der Waals surface area contributed by atoms with Crippen molar-refractivity contribution in [1.82, 2.24) is 0 Å². The van der Waals surface area contributed by atoms with Gasteiger partial charge in [0.1, 0.15) is 0 Å². The van der Waals surface area contributed by atoms with Crippen LogP contribution in [0.25, 0.3) is 5.03 Å². The van der Waals surface area contributed by atoms with Crippen LogP contribution in [0.2, 0.25) is 24.7 Å². The molecule has 0 fully saturated rings. The summed E-state index contributed by atoms with van der Waals surface area (Å²) in [4.78, 5) is 0. The summed E-state index contributed by atoms with van der Waals surface area (Å²) >= 11 is 12.1. The van der Waals surface area contributed by atoms with Crippen LogP contribution in [0, 0.1) is 0 Å². The van der Waals surface area contributed by atoms with Crippen molar-refractivity contribution in [3.63, 3.8) is 0 Å². The fraction of sp³-hybridized carbons (Fsp3) is 0.273. The van der Waals surface area contributed by atoms with Gasteiger partial charge >= 0.3 is 0 Å². The molecule has 0 unspecified atom stereocenters. The highest BCUT2D eigenvalue weighted by atomic mass is 35.5. The second-order valence-electron chi connectivity index (χ2n) is 4.95. The molecule has 100 valence electrons. The van der Waals surface area contributed by atoms with Crippen LogP contribution in [0.15, 0.2) is 28.8 Å². The molecule has 0 aliphatic carbocycles. The third-order valence-corrected chi connectivity index (χ3v) is 8.23. The van der Waals surface area contributed by atoms with Crippen molar-refractivity contribution in [3.05, 3.63) is 39.4 Å². The number of primary sulfonamides is 1. The molecule has 0 amide bonds. The fourth-order valence-electron chi connectivity index (χ4n) is 1.64. The molecule has 0 aromatic heterocycles. The standard InChI is InChI=1S/C11H15Cl2NO2SSi/c1-18(2,3)11(17(14,15)16)10(13)8-5-4-6-9(12)7-8/h4-7H,1-3H3,(H2,14,15,16)/b11-10-. The lowest BCUT2D eigenvalue weighted by atomic mass is 10.2. The fourth-order valence-corrected chi connectivity index (χ4v) is 7.70. The van der Waals surface area contributed by atoms with Gasteiger partial charge < -0.3 is 0 Å². The van der Waals surface area contributed by atoms with Gasteiger partial charge in [0, 0.05) is 5.02 Å². The predicted molar refractivity (Wildman–Crippen MR) is 80.7 cm³/mol. The van der Waals surface area contributed by atoms with E-state index < -0.39 is 18.1 Å². The average Bonchev–Trinajstić information content (AvgIpc) is 2.12. The molecule has 7 heteroatoms. The van der Waals surface area contributed by atoms with Crippen molar-refractivity contribution < 1.29 is 8.42 Å². The second-order valence-corrected chi connectivity index (χ2v) is 12.6. The molecule has 0 radical (unpaired) electrons. The number of nitrogens with two attached hydrogens (primary N) is 1. The van der Waals surface area contributed by atoms with Crippen molar-refractivity contribution in [2.45, 2.75) is 19.6 Å². The molecule has 0 aliphatic heterocycles. The van der Waals surface area contributed by atoms with Crippen LogP contribution in [0.5, 0.6) is 0 Å². The lowest BCUT2D eigenvalue weighted by Gasteiger charge is -2.20. The van der Waals surface area contributed by atoms with E-state index in [2.05, 4.69) is 0 Å². The van der Waals surface area contributed by atoms with E-state index in [-0.39, 0.29) is 9.56 Å². The summed E-state index contributed by atoms with van der Waals surface area (Å²) in [5.74, 6) is 0. The third kappa shape index (κ3) is 3.83. The molecule has 0 saturated heterocycles. The summed E-state index contributed by atoms with van der Waals surface area (Å²) in [6, 6.07) is 6.74. The van der Waals surface area contributed by atoms with Crippen molar-refractivity contribution >= 4 is 46.3 Å². The van der Waals surface area contributed by atoms with E-state index in [1.807, 2.05) is 19.6 Å². The Morgan fingerprint density at radius 3 is 2.22 bits per heavy atom. The highest BCUT2D eigenvalue weighted by Crippen LogP contribution is 2.32. The zero-order chi connectivity index (χ0) is 14.1. The minimum atomic E-state index is -3.82. The Balaban J connectivity index is 3.57. The van der Waals surface area contributed by atoms with Crippen molar-refractivity contribution in [1.29, 1.82) is 0 Å². The molecule has 18 heavy (non-hydrogen) atoms. The first-order valence-corrected chi connectivity index (χ1v) is 11.0. The Labute approximate surface area is 119 Å². The Bertz CT molecular complexity index is 591. The van der Waals surface area contributed by atoms with Crippen molar-refractivity contribution in [2.75, 3.05) is 0 Å². The molecule has 0 aliphatic rings. The first kappa shape index (κ1) is 15.7. The number of hydrogen-bond acceptors (Lipinski definition) is 2. The van der Waals surface area contributed by atoms with E-state index in [1.165, 1.54) is 0 Å². The average molecular weight is 324 g/mol. The van der Waals surface area contributed by atoms with Gasteiger partial charge in [-0.15, -0.1) is 0 Å². The van der Waals surface area contributed by atoms with E-state index in [0.717, 1.165) is 0 Å². The van der Waals surface area contributed by atoms with E-state index in [0.29, 0.717) is 10.6 Å². The monoisotopic (exact) mass is 323 g/mol. The number of sulfonamides is 1. The third-order valence-electron chi connectivity index (χ3n) is 2.24. The summed E-state index contributed by atoms with van der Waals surface area (Å²) in [5.41, 5.74) is 0.565. The van der Waals surface area contributed by atoms with Gasteiger partial charge in [0.05, 0.1) is 17.6 Å². The van der Waals surface area contributed by atoms with Crippen LogP contribution in [-0.2, 0) is 10.0 Å². The van der Waals surface area contributed by atoms with Gasteiger partial charge in [-0.1, -0.05) is 55.0 Å². The molecular formula is C11H15Cl2NO2SSi. The molecular weight excluding hydrogens is 309 g/mol. The molecule has 0 bridgehead atoms. The van der Waals surface area contributed by atoms with Gasteiger partial charge in [-0.25, -0.2) is 13.6 Å². The number of benzene rings is 1. The Hall–Kier alpha value is -0.333. The van der Waals surface area contributed by atoms with Crippen LogP contribution in [-0.4, -0.2) is 16.5 Å². The van der Waals surface area contributed by atoms with Gasteiger partial charge in [0.2, 0.25) is 10.0 Å². The summed E-state index contributed by atoms with van der Waals surface area (Å²) in [7, 11) is -6.01. The van der Waals surface area contributed by atoms with Gasteiger partial charge in [0.15, 0.2) is 0 Å². The highest BCUT2D eigenvalue weighted by Gasteiger charge is 2.32. The molecule has 1 rings (SSSR count). The molecule has 1 aromatic rings. The molecule has 0 atom stereocenters. The minimum absolute atomic E-state index is 0.138. The normalized spacial score (nSPS) is 14.3. The van der Waals surface area contributed by atoms with Crippen LogP contribution in [0.3, 0.4) is 0 Å². The number of hydrogen-bond donors (Lipinski definition) is 1. The minimum Gasteiger partial charge on any atom is -0.225 e. The maximum Gasteiger partial charge on any atom is 0.231 e. The van der Waals surface area contributed by atoms with Crippen LogP contribution >= 0.6 is 23.2 Å². The Morgan fingerprint density at radius 1 is 1.28 bits per heavy atom. The Kier molecular flexibility index (Phi) is 4.67. The van der Waals surface area contributed by atoms with Crippen LogP contribution in [0.1, 0.15) is 5.56 Å². The van der Waals surface area contributed by atoms with Crippen molar-refractivity contribution in [3.8, 4) is 0 Å². The number of rotatable bonds is 3. The van der Waals surface area contributed by atoms with Gasteiger partial charge in [0.25, 0.3) is 0 Å². The smallest absolute Gasteiger partial charge is 0.225 e. The molecule has 3 nitrogen and oxygen atoms in total. The second kappa shape index (κ2) is 5.34. The highest BCUT2D eigenvalue weighted by molar-refractivity contribution is 7.95. The summed E-state index contributed by atoms with van der Waals surface area (Å²) < 4.78 is 23.6. The van der Waals surface area contributed by atoms with Gasteiger partial charge in [-0.05, 0) is 17.7 Å². The maximum absolute atomic E-state index is 11.7. The largest absolute Gasteiger partial charge is 0.231 e.